The maximum absolute atomic E-state index is 12.2. The molecule has 0 bridgehead atoms. The van der Waals surface area contributed by atoms with Gasteiger partial charge >= 0.3 is 5.97 Å². The fourth-order valence-electron chi connectivity index (χ4n) is 2.10. The first-order valence-corrected chi connectivity index (χ1v) is 6.76. The minimum absolute atomic E-state index is 0.0352. The standard InChI is InChI=1S/C16H23NO3/c1-12(15(19)20)11-17(4)14(18)10-16(2,3)13-8-6-5-7-9-13/h5-9,12H,10-11H2,1-4H3,(H,19,20)/t12-/m0/s1. The van der Waals surface area contributed by atoms with Crippen LogP contribution in [0.4, 0.5) is 0 Å². The number of rotatable bonds is 6. The highest BCUT2D eigenvalue weighted by molar-refractivity contribution is 5.78. The van der Waals surface area contributed by atoms with Gasteiger partial charge in [-0.2, -0.15) is 0 Å². The summed E-state index contributed by atoms with van der Waals surface area (Å²) in [6, 6.07) is 9.87. The molecular weight excluding hydrogens is 254 g/mol. The van der Waals surface area contributed by atoms with Crippen LogP contribution in [0, 0.1) is 5.92 Å². The summed E-state index contributed by atoms with van der Waals surface area (Å²) in [5, 5.41) is 8.89. The molecule has 1 aromatic carbocycles. The summed E-state index contributed by atoms with van der Waals surface area (Å²) >= 11 is 0. The van der Waals surface area contributed by atoms with Gasteiger partial charge in [-0.25, -0.2) is 0 Å². The highest BCUT2D eigenvalue weighted by atomic mass is 16.4. The summed E-state index contributed by atoms with van der Waals surface area (Å²) in [6.07, 6.45) is 0.361. The fraction of sp³-hybridized carbons (Fsp3) is 0.500. The first-order valence-electron chi connectivity index (χ1n) is 6.76. The number of amides is 1. The second-order valence-electron chi connectivity index (χ2n) is 5.94. The quantitative estimate of drug-likeness (QED) is 0.869. The van der Waals surface area contributed by atoms with Crippen molar-refractivity contribution in [2.24, 2.45) is 5.92 Å². The third kappa shape index (κ3) is 4.37. The number of benzene rings is 1. The van der Waals surface area contributed by atoms with Gasteiger partial charge < -0.3 is 10.0 Å². The summed E-state index contributed by atoms with van der Waals surface area (Å²) in [6.45, 7) is 5.89. The number of aliphatic carboxylic acids is 1. The van der Waals surface area contributed by atoms with E-state index in [4.69, 9.17) is 5.11 Å². The number of carbonyl (C=O) groups is 2. The van der Waals surface area contributed by atoms with E-state index in [9.17, 15) is 9.59 Å². The molecule has 4 nitrogen and oxygen atoms in total. The second kappa shape index (κ2) is 6.55. The molecule has 0 aromatic heterocycles. The maximum Gasteiger partial charge on any atom is 0.308 e. The van der Waals surface area contributed by atoms with E-state index < -0.39 is 11.9 Å². The van der Waals surface area contributed by atoms with Crippen LogP contribution in [-0.2, 0) is 15.0 Å². The smallest absolute Gasteiger partial charge is 0.308 e. The van der Waals surface area contributed by atoms with E-state index in [0.717, 1.165) is 5.56 Å². The molecule has 4 heteroatoms. The lowest BCUT2D eigenvalue weighted by molar-refractivity contribution is -0.142. The zero-order chi connectivity index (χ0) is 15.3. The van der Waals surface area contributed by atoms with Gasteiger partial charge in [-0.15, -0.1) is 0 Å². The first-order chi connectivity index (χ1) is 9.24. The molecule has 1 N–H and O–H groups in total. The van der Waals surface area contributed by atoms with Gasteiger partial charge in [-0.3, -0.25) is 9.59 Å². The van der Waals surface area contributed by atoms with Crippen LogP contribution in [0.3, 0.4) is 0 Å². The van der Waals surface area contributed by atoms with Crippen molar-refractivity contribution in [1.82, 2.24) is 4.90 Å². The number of carboxylic acid groups (broad SMARTS) is 1. The largest absolute Gasteiger partial charge is 0.481 e. The van der Waals surface area contributed by atoms with Crippen LogP contribution in [0.25, 0.3) is 0 Å². The van der Waals surface area contributed by atoms with Gasteiger partial charge in [0, 0.05) is 20.0 Å². The van der Waals surface area contributed by atoms with Crippen molar-refractivity contribution in [2.75, 3.05) is 13.6 Å². The summed E-state index contributed by atoms with van der Waals surface area (Å²) < 4.78 is 0. The van der Waals surface area contributed by atoms with Crippen LogP contribution < -0.4 is 0 Å². The molecule has 0 radical (unpaired) electrons. The Hall–Kier alpha value is -1.84. The minimum Gasteiger partial charge on any atom is -0.481 e. The van der Waals surface area contributed by atoms with Gasteiger partial charge in [0.15, 0.2) is 0 Å². The van der Waals surface area contributed by atoms with E-state index in [1.807, 2.05) is 44.2 Å². The Morgan fingerprint density at radius 1 is 1.25 bits per heavy atom. The van der Waals surface area contributed by atoms with E-state index in [1.54, 1.807) is 14.0 Å². The molecule has 0 heterocycles. The Balaban J connectivity index is 2.67. The Kier molecular flexibility index (Phi) is 5.31. The van der Waals surface area contributed by atoms with Crippen molar-refractivity contribution in [2.45, 2.75) is 32.6 Å². The minimum atomic E-state index is -0.882. The van der Waals surface area contributed by atoms with E-state index in [1.165, 1.54) is 4.90 Å². The lowest BCUT2D eigenvalue weighted by atomic mass is 9.81. The topological polar surface area (TPSA) is 57.6 Å². The van der Waals surface area contributed by atoms with Gasteiger partial charge in [0.05, 0.1) is 5.92 Å². The maximum atomic E-state index is 12.2. The average Bonchev–Trinajstić information content (AvgIpc) is 2.39. The molecule has 0 spiro atoms. The molecule has 20 heavy (non-hydrogen) atoms. The summed E-state index contributed by atoms with van der Waals surface area (Å²) in [5.74, 6) is -1.47. The summed E-state index contributed by atoms with van der Waals surface area (Å²) in [7, 11) is 1.66. The van der Waals surface area contributed by atoms with Crippen molar-refractivity contribution in [3.63, 3.8) is 0 Å². The number of carbonyl (C=O) groups excluding carboxylic acids is 1. The normalized spacial score (nSPS) is 12.8. The highest BCUT2D eigenvalue weighted by Crippen LogP contribution is 2.27. The molecule has 0 aliphatic carbocycles. The first kappa shape index (κ1) is 16.2. The SMILES string of the molecule is C[C@@H](CN(C)C(=O)CC(C)(C)c1ccccc1)C(=O)O. The van der Waals surface area contributed by atoms with Crippen LogP contribution in [-0.4, -0.2) is 35.5 Å². The third-order valence-electron chi connectivity index (χ3n) is 3.54. The summed E-state index contributed by atoms with van der Waals surface area (Å²) in [5.41, 5.74) is 0.840. The Morgan fingerprint density at radius 3 is 2.30 bits per heavy atom. The van der Waals surface area contributed by atoms with Gasteiger partial charge in [-0.1, -0.05) is 51.1 Å². The van der Waals surface area contributed by atoms with Crippen LogP contribution in [0.2, 0.25) is 0 Å². The Morgan fingerprint density at radius 2 is 1.80 bits per heavy atom. The van der Waals surface area contributed by atoms with Crippen LogP contribution in [0.15, 0.2) is 30.3 Å². The number of hydrogen-bond acceptors (Lipinski definition) is 2. The lowest BCUT2D eigenvalue weighted by Crippen LogP contribution is -2.37. The molecule has 1 atom stereocenters. The van der Waals surface area contributed by atoms with Crippen molar-refractivity contribution in [1.29, 1.82) is 0 Å². The monoisotopic (exact) mass is 277 g/mol. The van der Waals surface area contributed by atoms with Crippen molar-refractivity contribution in [3.05, 3.63) is 35.9 Å². The molecule has 110 valence electrons. The molecule has 1 amide bonds. The third-order valence-corrected chi connectivity index (χ3v) is 3.54. The zero-order valence-electron chi connectivity index (χ0n) is 12.6. The van der Waals surface area contributed by atoms with Crippen LogP contribution in [0.5, 0.6) is 0 Å². The van der Waals surface area contributed by atoms with E-state index in [0.29, 0.717) is 6.42 Å². The molecule has 0 unspecified atom stereocenters. The zero-order valence-corrected chi connectivity index (χ0v) is 12.6. The molecule has 0 saturated heterocycles. The van der Waals surface area contributed by atoms with Crippen LogP contribution in [0.1, 0.15) is 32.8 Å². The summed E-state index contributed by atoms with van der Waals surface area (Å²) in [4.78, 5) is 24.6. The molecule has 0 saturated carbocycles. The van der Waals surface area contributed by atoms with E-state index in [-0.39, 0.29) is 17.9 Å². The predicted molar refractivity (Wildman–Crippen MR) is 78.5 cm³/mol. The van der Waals surface area contributed by atoms with Crippen LogP contribution >= 0.6 is 0 Å². The molecule has 0 fully saturated rings. The fourth-order valence-corrected chi connectivity index (χ4v) is 2.10. The molecular formula is C16H23NO3. The van der Waals surface area contributed by atoms with Crippen molar-refractivity contribution < 1.29 is 14.7 Å². The molecule has 0 aliphatic heterocycles. The Labute approximate surface area is 120 Å². The van der Waals surface area contributed by atoms with Gasteiger partial charge in [-0.05, 0) is 11.0 Å². The van der Waals surface area contributed by atoms with Crippen molar-refractivity contribution >= 4 is 11.9 Å². The molecule has 1 aromatic rings. The lowest BCUT2D eigenvalue weighted by Gasteiger charge is -2.28. The molecule has 0 aliphatic rings. The highest BCUT2D eigenvalue weighted by Gasteiger charge is 2.26. The number of carboxylic acids is 1. The van der Waals surface area contributed by atoms with Gasteiger partial charge in [0.25, 0.3) is 0 Å². The molecule has 1 rings (SSSR count). The van der Waals surface area contributed by atoms with Gasteiger partial charge in [0.1, 0.15) is 0 Å². The predicted octanol–water partition coefficient (Wildman–Crippen LogP) is 2.53. The second-order valence-corrected chi connectivity index (χ2v) is 5.94. The average molecular weight is 277 g/mol. The van der Waals surface area contributed by atoms with Gasteiger partial charge in [0.2, 0.25) is 5.91 Å². The van der Waals surface area contributed by atoms with E-state index >= 15 is 0 Å². The number of nitrogens with zero attached hydrogens (tertiary/aromatic N) is 1. The van der Waals surface area contributed by atoms with Crippen molar-refractivity contribution in [3.8, 4) is 0 Å². The van der Waals surface area contributed by atoms with E-state index in [2.05, 4.69) is 0 Å². The Bertz CT molecular complexity index is 468. The number of hydrogen-bond donors (Lipinski definition) is 1.